The van der Waals surface area contributed by atoms with Gasteiger partial charge < -0.3 is 10.5 Å². The molecule has 0 spiro atoms. The summed E-state index contributed by atoms with van der Waals surface area (Å²) in [6.45, 7) is 5.94. The van der Waals surface area contributed by atoms with E-state index in [2.05, 4.69) is 23.4 Å². The Balaban J connectivity index is 2.12. The van der Waals surface area contributed by atoms with Gasteiger partial charge in [-0.2, -0.15) is 0 Å². The van der Waals surface area contributed by atoms with E-state index in [1.807, 2.05) is 0 Å². The lowest BCUT2D eigenvalue weighted by molar-refractivity contribution is 0.0586. The fourth-order valence-corrected chi connectivity index (χ4v) is 3.03. The van der Waals surface area contributed by atoms with Crippen molar-refractivity contribution in [2.75, 3.05) is 13.2 Å². The molecule has 1 fully saturated rings. The molecule has 1 atom stereocenters. The van der Waals surface area contributed by atoms with Crippen LogP contribution < -0.4 is 5.73 Å². The zero-order valence-electron chi connectivity index (χ0n) is 9.85. The van der Waals surface area contributed by atoms with Crippen LogP contribution in [0.1, 0.15) is 49.2 Å². The van der Waals surface area contributed by atoms with Gasteiger partial charge in [-0.05, 0) is 36.2 Å². The van der Waals surface area contributed by atoms with Crippen molar-refractivity contribution in [2.45, 2.75) is 38.6 Å². The van der Waals surface area contributed by atoms with E-state index in [-0.39, 0.29) is 6.04 Å². The van der Waals surface area contributed by atoms with Crippen LogP contribution in [0.5, 0.6) is 0 Å². The van der Waals surface area contributed by atoms with E-state index in [4.69, 9.17) is 10.5 Å². The Morgan fingerprint density at radius 3 is 2.69 bits per heavy atom. The maximum absolute atomic E-state index is 6.33. The van der Waals surface area contributed by atoms with Crippen molar-refractivity contribution in [3.8, 4) is 0 Å². The topological polar surface area (TPSA) is 61.0 Å². The average molecular weight is 241 g/mol. The zero-order chi connectivity index (χ0) is 11.5. The maximum atomic E-state index is 6.33. The Hall–Kier alpha value is -0.520. The van der Waals surface area contributed by atoms with E-state index in [0.29, 0.717) is 11.8 Å². The second-order valence-corrected chi connectivity index (χ2v) is 5.44. The highest BCUT2D eigenvalue weighted by Gasteiger charge is 2.27. The Bertz CT molecular complexity index is 334. The Morgan fingerprint density at radius 2 is 2.06 bits per heavy atom. The SMILES string of the molecule is CC(C)c1nnsc1C(N)C1CCOCC1. The lowest BCUT2D eigenvalue weighted by Gasteiger charge is -2.27. The van der Waals surface area contributed by atoms with Gasteiger partial charge >= 0.3 is 0 Å². The van der Waals surface area contributed by atoms with Crippen LogP contribution in [0.2, 0.25) is 0 Å². The van der Waals surface area contributed by atoms with E-state index in [1.165, 1.54) is 16.4 Å². The standard InChI is InChI=1S/C11H19N3OS/c1-7(2)10-11(16-14-13-10)9(12)8-3-5-15-6-4-8/h7-9H,3-6,12H2,1-2H3. The van der Waals surface area contributed by atoms with Crippen LogP contribution in [0.25, 0.3) is 0 Å². The van der Waals surface area contributed by atoms with Gasteiger partial charge in [0.15, 0.2) is 0 Å². The monoisotopic (exact) mass is 241 g/mol. The molecule has 4 nitrogen and oxygen atoms in total. The fourth-order valence-electron chi connectivity index (χ4n) is 2.13. The number of aromatic nitrogens is 2. The molecule has 0 bridgehead atoms. The molecule has 0 aliphatic carbocycles. The summed E-state index contributed by atoms with van der Waals surface area (Å²) in [5, 5.41) is 4.19. The highest BCUT2D eigenvalue weighted by molar-refractivity contribution is 7.05. The lowest BCUT2D eigenvalue weighted by Crippen LogP contribution is -2.27. The first-order valence-corrected chi connectivity index (χ1v) is 6.63. The average Bonchev–Trinajstić information content (AvgIpc) is 2.78. The van der Waals surface area contributed by atoms with Gasteiger partial charge in [0.05, 0.1) is 10.6 Å². The Morgan fingerprint density at radius 1 is 1.38 bits per heavy atom. The minimum absolute atomic E-state index is 0.0845. The van der Waals surface area contributed by atoms with Crippen molar-refractivity contribution in [2.24, 2.45) is 11.7 Å². The van der Waals surface area contributed by atoms with Crippen molar-refractivity contribution in [3.05, 3.63) is 10.6 Å². The van der Waals surface area contributed by atoms with Crippen molar-refractivity contribution in [1.82, 2.24) is 9.59 Å². The molecular weight excluding hydrogens is 222 g/mol. The normalized spacial score (nSPS) is 20.2. The number of nitrogens with two attached hydrogens (primary N) is 1. The van der Waals surface area contributed by atoms with Gasteiger partial charge in [0.1, 0.15) is 0 Å². The van der Waals surface area contributed by atoms with Crippen LogP contribution in [-0.4, -0.2) is 22.8 Å². The summed E-state index contributed by atoms with van der Waals surface area (Å²) in [4.78, 5) is 1.17. The predicted octanol–water partition coefficient (Wildman–Crippen LogP) is 2.09. The first kappa shape index (κ1) is 12.0. The van der Waals surface area contributed by atoms with Gasteiger partial charge in [0.2, 0.25) is 0 Å². The van der Waals surface area contributed by atoms with Crippen LogP contribution in [0.15, 0.2) is 0 Å². The summed E-state index contributed by atoms with van der Waals surface area (Å²) in [6.07, 6.45) is 2.10. The van der Waals surface area contributed by atoms with E-state index in [1.54, 1.807) is 0 Å². The number of hydrogen-bond donors (Lipinski definition) is 1. The minimum atomic E-state index is 0.0845. The van der Waals surface area contributed by atoms with Gasteiger partial charge in [0.25, 0.3) is 0 Å². The number of nitrogens with zero attached hydrogens (tertiary/aromatic N) is 2. The van der Waals surface area contributed by atoms with E-state index >= 15 is 0 Å². The molecule has 2 heterocycles. The summed E-state index contributed by atoms with van der Waals surface area (Å²) in [5.74, 6) is 0.924. The number of hydrogen-bond acceptors (Lipinski definition) is 5. The fraction of sp³-hybridized carbons (Fsp3) is 0.818. The Labute approximate surface area is 100 Å². The molecule has 0 amide bonds. The zero-order valence-corrected chi connectivity index (χ0v) is 10.7. The lowest BCUT2D eigenvalue weighted by atomic mass is 9.89. The summed E-state index contributed by atoms with van der Waals surface area (Å²) >= 11 is 1.45. The quantitative estimate of drug-likeness (QED) is 0.880. The second-order valence-electron chi connectivity index (χ2n) is 4.65. The molecule has 1 aliphatic rings. The molecule has 1 aliphatic heterocycles. The molecule has 0 radical (unpaired) electrons. The van der Waals surface area contributed by atoms with Crippen LogP contribution >= 0.6 is 11.5 Å². The van der Waals surface area contributed by atoms with Crippen LogP contribution in [0.4, 0.5) is 0 Å². The van der Waals surface area contributed by atoms with Gasteiger partial charge in [-0.3, -0.25) is 0 Å². The van der Waals surface area contributed by atoms with Gasteiger partial charge in [0, 0.05) is 19.3 Å². The smallest absolute Gasteiger partial charge is 0.0829 e. The molecule has 90 valence electrons. The summed E-state index contributed by atoms with van der Waals surface area (Å²) in [7, 11) is 0. The summed E-state index contributed by atoms with van der Waals surface area (Å²) < 4.78 is 9.40. The number of ether oxygens (including phenoxy) is 1. The molecule has 2 rings (SSSR count). The molecule has 1 aromatic rings. The molecule has 0 aromatic carbocycles. The summed E-state index contributed by atoms with van der Waals surface area (Å²) in [5.41, 5.74) is 7.40. The van der Waals surface area contributed by atoms with Crippen molar-refractivity contribution in [3.63, 3.8) is 0 Å². The first-order valence-electron chi connectivity index (χ1n) is 5.85. The highest BCUT2D eigenvalue weighted by Crippen LogP contribution is 2.33. The first-order chi connectivity index (χ1) is 7.70. The van der Waals surface area contributed by atoms with Gasteiger partial charge in [-0.25, -0.2) is 0 Å². The molecule has 2 N–H and O–H groups in total. The maximum Gasteiger partial charge on any atom is 0.0829 e. The third kappa shape index (κ3) is 2.42. The Kier molecular flexibility index (Phi) is 3.89. The van der Waals surface area contributed by atoms with Crippen molar-refractivity contribution < 1.29 is 4.74 Å². The second kappa shape index (κ2) is 5.21. The van der Waals surface area contributed by atoms with Crippen molar-refractivity contribution in [1.29, 1.82) is 0 Å². The molecular formula is C11H19N3OS. The molecule has 1 saturated heterocycles. The third-order valence-electron chi connectivity index (χ3n) is 3.16. The van der Waals surface area contributed by atoms with Gasteiger partial charge in [-0.15, -0.1) is 5.10 Å². The van der Waals surface area contributed by atoms with Crippen LogP contribution in [0, 0.1) is 5.92 Å². The van der Waals surface area contributed by atoms with Crippen LogP contribution in [-0.2, 0) is 4.74 Å². The predicted molar refractivity (Wildman–Crippen MR) is 64.5 cm³/mol. The summed E-state index contributed by atoms with van der Waals surface area (Å²) in [6, 6.07) is 0.0845. The van der Waals surface area contributed by atoms with Crippen LogP contribution in [0.3, 0.4) is 0 Å². The largest absolute Gasteiger partial charge is 0.381 e. The third-order valence-corrected chi connectivity index (χ3v) is 4.00. The molecule has 1 unspecified atom stereocenters. The molecule has 0 saturated carbocycles. The van der Waals surface area contributed by atoms with Crippen molar-refractivity contribution >= 4 is 11.5 Å². The van der Waals surface area contributed by atoms with Gasteiger partial charge in [-0.1, -0.05) is 18.3 Å². The highest BCUT2D eigenvalue weighted by atomic mass is 32.1. The molecule has 5 heteroatoms. The van der Waals surface area contributed by atoms with E-state index in [0.717, 1.165) is 31.7 Å². The number of rotatable bonds is 3. The molecule has 16 heavy (non-hydrogen) atoms. The van der Waals surface area contributed by atoms with E-state index < -0.39 is 0 Å². The molecule has 1 aromatic heterocycles. The minimum Gasteiger partial charge on any atom is -0.381 e. The van der Waals surface area contributed by atoms with E-state index in [9.17, 15) is 0 Å².